The second-order valence-corrected chi connectivity index (χ2v) is 10.6. The van der Waals surface area contributed by atoms with Crippen molar-refractivity contribution in [3.05, 3.63) is 41.7 Å². The molecule has 2 unspecified atom stereocenters. The third-order valence-electron chi connectivity index (χ3n) is 6.87. The van der Waals surface area contributed by atoms with E-state index in [9.17, 15) is 14.4 Å². The number of benzene rings is 1. The predicted octanol–water partition coefficient (Wildman–Crippen LogP) is 4.47. The number of amides is 3. The molecule has 1 saturated heterocycles. The number of hydrogen-bond donors (Lipinski definition) is 0. The Morgan fingerprint density at radius 1 is 1.11 bits per heavy atom. The monoisotopic (exact) mass is 510 g/mol. The molecule has 2 atom stereocenters. The van der Waals surface area contributed by atoms with Gasteiger partial charge in [-0.1, -0.05) is 37.9 Å². The lowest BCUT2D eigenvalue weighted by Crippen LogP contribution is -2.53. The Hall–Kier alpha value is -2.94. The number of hydrogen-bond acceptors (Lipinski definition) is 7. The van der Waals surface area contributed by atoms with Crippen LogP contribution in [0.5, 0.6) is 5.75 Å². The van der Waals surface area contributed by atoms with Crippen LogP contribution in [0.4, 0.5) is 5.69 Å². The molecule has 0 N–H and O–H groups in total. The standard InChI is InChI=1S/C27H34N4O4S/c1-5-23(36-27-28-17(2)15-18(3)29-27)26(34)30(19-9-7-6-8-10-19)22-16-24(32)31(25(22)33)20-11-13-21(35-4)14-12-20/h11-15,19,22-23H,5-10,16H2,1-4H3. The Kier molecular flexibility index (Phi) is 8.28. The van der Waals surface area contributed by atoms with Crippen molar-refractivity contribution in [1.29, 1.82) is 0 Å². The maximum atomic E-state index is 14.1. The first-order valence-electron chi connectivity index (χ1n) is 12.6. The number of carbonyl (C=O) groups is 3. The number of methoxy groups -OCH3 is 1. The van der Waals surface area contributed by atoms with Gasteiger partial charge in [-0.2, -0.15) is 0 Å². The Labute approximate surface area is 216 Å². The molecule has 2 fully saturated rings. The summed E-state index contributed by atoms with van der Waals surface area (Å²) in [5.41, 5.74) is 2.20. The zero-order chi connectivity index (χ0) is 25.8. The van der Waals surface area contributed by atoms with Gasteiger partial charge in [-0.25, -0.2) is 14.9 Å². The lowest BCUT2D eigenvalue weighted by molar-refractivity contribution is -0.141. The third kappa shape index (κ3) is 5.56. The van der Waals surface area contributed by atoms with E-state index in [1.54, 1.807) is 36.3 Å². The highest BCUT2D eigenvalue weighted by atomic mass is 32.2. The van der Waals surface area contributed by atoms with E-state index in [0.717, 1.165) is 43.5 Å². The molecule has 9 heteroatoms. The van der Waals surface area contributed by atoms with Gasteiger partial charge in [0.05, 0.1) is 24.5 Å². The van der Waals surface area contributed by atoms with E-state index in [1.807, 2.05) is 26.8 Å². The van der Waals surface area contributed by atoms with E-state index in [1.165, 1.54) is 16.7 Å². The highest BCUT2D eigenvalue weighted by Gasteiger charge is 2.47. The lowest BCUT2D eigenvalue weighted by Gasteiger charge is -2.39. The summed E-state index contributed by atoms with van der Waals surface area (Å²) < 4.78 is 5.20. The molecule has 36 heavy (non-hydrogen) atoms. The summed E-state index contributed by atoms with van der Waals surface area (Å²) in [5, 5.41) is 0.121. The Morgan fingerprint density at radius 3 is 2.33 bits per heavy atom. The normalized spacial score (nSPS) is 19.4. The SMILES string of the molecule is CCC(Sc1nc(C)cc(C)n1)C(=O)N(C1CCCCC1)C1CC(=O)N(c2ccc(OC)cc2)C1=O. The summed E-state index contributed by atoms with van der Waals surface area (Å²) >= 11 is 1.34. The first-order valence-corrected chi connectivity index (χ1v) is 13.5. The molecule has 0 bridgehead atoms. The Balaban J connectivity index is 1.62. The maximum Gasteiger partial charge on any atom is 0.257 e. The number of carbonyl (C=O) groups excluding carboxylic acids is 3. The van der Waals surface area contributed by atoms with Crippen LogP contribution in [-0.4, -0.2) is 57.0 Å². The molecule has 1 aromatic heterocycles. The summed E-state index contributed by atoms with van der Waals surface area (Å²) in [6.07, 6.45) is 5.39. The molecule has 8 nitrogen and oxygen atoms in total. The molecule has 1 aliphatic heterocycles. The minimum absolute atomic E-state index is 0.00570. The van der Waals surface area contributed by atoms with Crippen LogP contribution in [0.25, 0.3) is 0 Å². The van der Waals surface area contributed by atoms with Gasteiger partial charge in [0, 0.05) is 17.4 Å². The van der Waals surface area contributed by atoms with Gasteiger partial charge in [-0.15, -0.1) is 0 Å². The number of ether oxygens (including phenoxy) is 1. The Morgan fingerprint density at radius 2 is 1.75 bits per heavy atom. The lowest BCUT2D eigenvalue weighted by atomic mass is 9.92. The van der Waals surface area contributed by atoms with Crippen molar-refractivity contribution in [3.63, 3.8) is 0 Å². The Bertz CT molecular complexity index is 1100. The number of anilines is 1. The van der Waals surface area contributed by atoms with E-state index >= 15 is 0 Å². The summed E-state index contributed by atoms with van der Waals surface area (Å²) in [4.78, 5) is 52.8. The molecule has 1 saturated carbocycles. The van der Waals surface area contributed by atoms with Gasteiger partial charge in [0.25, 0.3) is 5.91 Å². The number of imide groups is 1. The number of thioether (sulfide) groups is 1. The molecule has 1 aromatic carbocycles. The summed E-state index contributed by atoms with van der Waals surface area (Å²) in [5.74, 6) is -0.0987. The van der Waals surface area contributed by atoms with Gasteiger partial charge < -0.3 is 9.64 Å². The second kappa shape index (κ2) is 11.4. The minimum atomic E-state index is -0.801. The van der Waals surface area contributed by atoms with Gasteiger partial charge in [-0.05, 0) is 63.4 Å². The molecular weight excluding hydrogens is 476 g/mol. The smallest absolute Gasteiger partial charge is 0.257 e. The van der Waals surface area contributed by atoms with Gasteiger partial charge in [-0.3, -0.25) is 14.4 Å². The zero-order valence-corrected chi connectivity index (χ0v) is 22.2. The molecule has 3 amide bonds. The minimum Gasteiger partial charge on any atom is -0.497 e. The highest BCUT2D eigenvalue weighted by Crippen LogP contribution is 2.34. The average Bonchev–Trinajstić information content (AvgIpc) is 3.16. The molecule has 1 aliphatic carbocycles. The van der Waals surface area contributed by atoms with E-state index < -0.39 is 11.3 Å². The van der Waals surface area contributed by atoms with E-state index in [0.29, 0.717) is 23.0 Å². The van der Waals surface area contributed by atoms with Crippen LogP contribution in [0.3, 0.4) is 0 Å². The molecule has 4 rings (SSSR count). The molecule has 0 spiro atoms. The fourth-order valence-corrected chi connectivity index (χ4v) is 6.17. The molecular formula is C27H34N4O4S. The van der Waals surface area contributed by atoms with Crippen molar-refractivity contribution in [3.8, 4) is 5.75 Å². The molecule has 2 aliphatic rings. The third-order valence-corrected chi connectivity index (χ3v) is 8.08. The van der Waals surface area contributed by atoms with Crippen LogP contribution in [0, 0.1) is 13.8 Å². The fraction of sp³-hybridized carbons (Fsp3) is 0.519. The predicted molar refractivity (Wildman–Crippen MR) is 139 cm³/mol. The van der Waals surface area contributed by atoms with Crippen LogP contribution < -0.4 is 9.64 Å². The number of nitrogens with zero attached hydrogens (tertiary/aromatic N) is 4. The summed E-state index contributed by atoms with van der Waals surface area (Å²) in [6, 6.07) is 7.89. The summed E-state index contributed by atoms with van der Waals surface area (Å²) in [6.45, 7) is 5.78. The van der Waals surface area contributed by atoms with Crippen LogP contribution in [0.2, 0.25) is 0 Å². The van der Waals surface area contributed by atoms with Crippen LogP contribution in [-0.2, 0) is 14.4 Å². The molecule has 2 aromatic rings. The van der Waals surface area contributed by atoms with Gasteiger partial charge in [0.15, 0.2) is 5.16 Å². The summed E-state index contributed by atoms with van der Waals surface area (Å²) in [7, 11) is 1.57. The van der Waals surface area contributed by atoms with Crippen LogP contribution in [0.1, 0.15) is 63.3 Å². The van der Waals surface area contributed by atoms with Crippen LogP contribution in [0.15, 0.2) is 35.5 Å². The largest absolute Gasteiger partial charge is 0.497 e. The van der Waals surface area contributed by atoms with E-state index in [-0.39, 0.29) is 30.2 Å². The van der Waals surface area contributed by atoms with Crippen molar-refractivity contribution < 1.29 is 19.1 Å². The van der Waals surface area contributed by atoms with Crippen molar-refractivity contribution in [1.82, 2.24) is 14.9 Å². The average molecular weight is 511 g/mol. The second-order valence-electron chi connectivity index (χ2n) is 9.47. The van der Waals surface area contributed by atoms with Crippen molar-refractivity contribution >= 4 is 35.2 Å². The maximum absolute atomic E-state index is 14.1. The van der Waals surface area contributed by atoms with Crippen molar-refractivity contribution in [2.24, 2.45) is 0 Å². The number of rotatable bonds is 8. The van der Waals surface area contributed by atoms with E-state index in [4.69, 9.17) is 4.74 Å². The molecule has 0 radical (unpaired) electrons. The first-order chi connectivity index (χ1) is 17.3. The first kappa shape index (κ1) is 26.1. The highest BCUT2D eigenvalue weighted by molar-refractivity contribution is 8.00. The van der Waals surface area contributed by atoms with Crippen molar-refractivity contribution in [2.75, 3.05) is 12.0 Å². The van der Waals surface area contributed by atoms with E-state index in [2.05, 4.69) is 9.97 Å². The fourth-order valence-electron chi connectivity index (χ4n) is 5.13. The topological polar surface area (TPSA) is 92.7 Å². The quantitative estimate of drug-likeness (QED) is 0.294. The molecule has 2 heterocycles. The van der Waals surface area contributed by atoms with Gasteiger partial charge >= 0.3 is 0 Å². The van der Waals surface area contributed by atoms with Gasteiger partial charge in [0.2, 0.25) is 11.8 Å². The van der Waals surface area contributed by atoms with Crippen molar-refractivity contribution in [2.45, 2.75) is 88.2 Å². The zero-order valence-electron chi connectivity index (χ0n) is 21.4. The van der Waals surface area contributed by atoms with Gasteiger partial charge in [0.1, 0.15) is 11.8 Å². The number of aromatic nitrogens is 2. The number of aryl methyl sites for hydroxylation is 2. The van der Waals surface area contributed by atoms with Crippen LogP contribution >= 0.6 is 11.8 Å². The molecule has 192 valence electrons.